The molecule has 0 aliphatic heterocycles. The van der Waals surface area contributed by atoms with Crippen LogP contribution in [0, 0.1) is 0 Å². The van der Waals surface area contributed by atoms with E-state index >= 15 is 0 Å². The molecule has 0 saturated carbocycles. The van der Waals surface area contributed by atoms with E-state index in [0.29, 0.717) is 11.6 Å². The minimum absolute atomic E-state index is 0.149. The third-order valence-electron chi connectivity index (χ3n) is 3.58. The maximum atomic E-state index is 11.8. The molecular weight excluding hydrogens is 336 g/mol. The number of ether oxygens (including phenoxy) is 1. The number of hydrogen-bond donors (Lipinski definition) is 0. The topological polar surface area (TPSA) is 44.1 Å². The predicted octanol–water partition coefficient (Wildman–Crippen LogP) is 4.34. The molecule has 3 rings (SSSR count). The van der Waals surface area contributed by atoms with Gasteiger partial charge in [-0.2, -0.15) is 5.10 Å². The quantitative estimate of drug-likeness (QED) is 0.489. The standard InChI is InChI=1S/C20H17ClN2O2/c21-19-9-5-4-8-18(19)15-25-20(24)11-10-17-12-22-23(14-17)13-16-6-2-1-3-7-16/h1-12,14H,13,15H2/b11-10+. The Bertz CT molecular complexity index is 872. The van der Waals surface area contributed by atoms with Crippen LogP contribution in [0.3, 0.4) is 0 Å². The number of halogens is 1. The molecule has 0 atom stereocenters. The lowest BCUT2D eigenvalue weighted by molar-refractivity contribution is -0.138. The second-order valence-electron chi connectivity index (χ2n) is 5.49. The number of carbonyl (C=O) groups excluding carboxylic acids is 1. The molecule has 5 heteroatoms. The Morgan fingerprint density at radius 1 is 1.12 bits per heavy atom. The summed E-state index contributed by atoms with van der Waals surface area (Å²) in [6, 6.07) is 17.3. The summed E-state index contributed by atoms with van der Waals surface area (Å²) >= 11 is 6.03. The van der Waals surface area contributed by atoms with Crippen molar-refractivity contribution in [2.75, 3.05) is 0 Å². The molecular formula is C20H17ClN2O2. The SMILES string of the molecule is O=C(/C=C/c1cnn(Cc2ccccc2)c1)OCc1ccccc1Cl. The number of carbonyl (C=O) groups is 1. The minimum Gasteiger partial charge on any atom is -0.458 e. The molecule has 4 nitrogen and oxygen atoms in total. The lowest BCUT2D eigenvalue weighted by Gasteiger charge is -2.03. The molecule has 0 unspecified atom stereocenters. The first-order valence-electron chi connectivity index (χ1n) is 7.85. The van der Waals surface area contributed by atoms with E-state index in [2.05, 4.69) is 5.10 Å². The average Bonchev–Trinajstić information content (AvgIpc) is 3.07. The van der Waals surface area contributed by atoms with Crippen LogP contribution in [0.5, 0.6) is 0 Å². The van der Waals surface area contributed by atoms with Gasteiger partial charge >= 0.3 is 5.97 Å². The summed E-state index contributed by atoms with van der Waals surface area (Å²) in [5.41, 5.74) is 2.78. The van der Waals surface area contributed by atoms with Crippen molar-refractivity contribution < 1.29 is 9.53 Å². The van der Waals surface area contributed by atoms with E-state index in [1.807, 2.05) is 59.4 Å². The summed E-state index contributed by atoms with van der Waals surface area (Å²) in [4.78, 5) is 11.8. The minimum atomic E-state index is -0.421. The van der Waals surface area contributed by atoms with E-state index in [1.54, 1.807) is 18.3 Å². The van der Waals surface area contributed by atoms with Crippen LogP contribution in [0.4, 0.5) is 0 Å². The van der Waals surface area contributed by atoms with Crippen LogP contribution in [0.1, 0.15) is 16.7 Å². The van der Waals surface area contributed by atoms with E-state index < -0.39 is 5.97 Å². The van der Waals surface area contributed by atoms with E-state index in [4.69, 9.17) is 16.3 Å². The van der Waals surface area contributed by atoms with Crippen molar-refractivity contribution in [3.05, 3.63) is 94.8 Å². The average molecular weight is 353 g/mol. The second-order valence-corrected chi connectivity index (χ2v) is 5.90. The van der Waals surface area contributed by atoms with Gasteiger partial charge in [0.2, 0.25) is 0 Å². The van der Waals surface area contributed by atoms with E-state index in [9.17, 15) is 4.79 Å². The van der Waals surface area contributed by atoms with Gasteiger partial charge in [-0.05, 0) is 17.7 Å². The smallest absolute Gasteiger partial charge is 0.331 e. The van der Waals surface area contributed by atoms with Crippen molar-refractivity contribution in [1.82, 2.24) is 9.78 Å². The summed E-state index contributed by atoms with van der Waals surface area (Å²) < 4.78 is 7.02. The molecule has 3 aromatic rings. The van der Waals surface area contributed by atoms with Gasteiger partial charge in [-0.25, -0.2) is 4.79 Å². The van der Waals surface area contributed by atoms with Crippen molar-refractivity contribution >= 4 is 23.6 Å². The lowest BCUT2D eigenvalue weighted by atomic mass is 10.2. The molecule has 2 aromatic carbocycles. The Hall–Kier alpha value is -2.85. The van der Waals surface area contributed by atoms with Crippen molar-refractivity contribution in [3.8, 4) is 0 Å². The van der Waals surface area contributed by atoms with Crippen molar-refractivity contribution in [3.63, 3.8) is 0 Å². The highest BCUT2D eigenvalue weighted by molar-refractivity contribution is 6.31. The maximum absolute atomic E-state index is 11.8. The molecule has 0 fully saturated rings. The van der Waals surface area contributed by atoms with Crippen LogP contribution >= 0.6 is 11.6 Å². The highest BCUT2D eigenvalue weighted by Gasteiger charge is 2.03. The summed E-state index contributed by atoms with van der Waals surface area (Å²) in [5.74, 6) is -0.421. The molecule has 0 saturated heterocycles. The largest absolute Gasteiger partial charge is 0.458 e. The second kappa shape index (κ2) is 8.31. The van der Waals surface area contributed by atoms with Gasteiger partial charge < -0.3 is 4.74 Å². The van der Waals surface area contributed by atoms with Gasteiger partial charge in [-0.3, -0.25) is 4.68 Å². The van der Waals surface area contributed by atoms with E-state index in [0.717, 1.165) is 11.1 Å². The monoisotopic (exact) mass is 352 g/mol. The van der Waals surface area contributed by atoms with Gasteiger partial charge in [0.15, 0.2) is 0 Å². The Balaban J connectivity index is 1.53. The number of benzene rings is 2. The maximum Gasteiger partial charge on any atom is 0.331 e. The molecule has 0 spiro atoms. The van der Waals surface area contributed by atoms with Gasteiger partial charge in [0.25, 0.3) is 0 Å². The number of aromatic nitrogens is 2. The molecule has 126 valence electrons. The fourth-order valence-corrected chi connectivity index (χ4v) is 2.49. The molecule has 0 aliphatic rings. The molecule has 1 heterocycles. The van der Waals surface area contributed by atoms with Gasteiger partial charge in [-0.15, -0.1) is 0 Å². The van der Waals surface area contributed by atoms with Crippen molar-refractivity contribution in [2.24, 2.45) is 0 Å². The third kappa shape index (κ3) is 5.06. The molecule has 0 radical (unpaired) electrons. The molecule has 25 heavy (non-hydrogen) atoms. The zero-order valence-corrected chi connectivity index (χ0v) is 14.3. The van der Waals surface area contributed by atoms with Crippen molar-refractivity contribution in [1.29, 1.82) is 0 Å². The predicted molar refractivity (Wildman–Crippen MR) is 98.1 cm³/mol. The lowest BCUT2D eigenvalue weighted by Crippen LogP contribution is -2.01. The normalized spacial score (nSPS) is 10.9. The Morgan fingerprint density at radius 3 is 2.68 bits per heavy atom. The van der Waals surface area contributed by atoms with Crippen LogP contribution < -0.4 is 0 Å². The first-order valence-corrected chi connectivity index (χ1v) is 8.23. The Labute approximate surface area is 151 Å². The van der Waals surface area contributed by atoms with Crippen LogP contribution in [0.2, 0.25) is 5.02 Å². The zero-order chi connectivity index (χ0) is 17.5. The highest BCUT2D eigenvalue weighted by atomic mass is 35.5. The van der Waals surface area contributed by atoms with E-state index in [-0.39, 0.29) is 6.61 Å². The first-order chi connectivity index (χ1) is 12.2. The molecule has 0 bridgehead atoms. The summed E-state index contributed by atoms with van der Waals surface area (Å²) in [5, 5.41) is 4.88. The van der Waals surface area contributed by atoms with Gasteiger partial charge in [0.1, 0.15) is 6.61 Å². The highest BCUT2D eigenvalue weighted by Crippen LogP contribution is 2.15. The Kier molecular flexibility index (Phi) is 5.65. The van der Waals surface area contributed by atoms with Crippen LogP contribution in [-0.4, -0.2) is 15.7 Å². The van der Waals surface area contributed by atoms with Crippen LogP contribution in [-0.2, 0) is 22.7 Å². The molecule has 1 aromatic heterocycles. The first kappa shape index (κ1) is 17.0. The molecule has 0 aliphatic carbocycles. The Morgan fingerprint density at radius 2 is 1.88 bits per heavy atom. The van der Waals surface area contributed by atoms with Gasteiger partial charge in [0.05, 0.1) is 12.7 Å². The molecule has 0 amide bonds. The fraction of sp³-hybridized carbons (Fsp3) is 0.100. The van der Waals surface area contributed by atoms with Crippen molar-refractivity contribution in [2.45, 2.75) is 13.2 Å². The summed E-state index contributed by atoms with van der Waals surface area (Å²) in [7, 11) is 0. The third-order valence-corrected chi connectivity index (χ3v) is 3.95. The van der Waals surface area contributed by atoms with Crippen LogP contribution in [0.15, 0.2) is 73.1 Å². The van der Waals surface area contributed by atoms with Gasteiger partial charge in [0, 0.05) is 28.4 Å². The van der Waals surface area contributed by atoms with Crippen LogP contribution in [0.25, 0.3) is 6.08 Å². The number of nitrogens with zero attached hydrogens (tertiary/aromatic N) is 2. The van der Waals surface area contributed by atoms with Gasteiger partial charge in [-0.1, -0.05) is 60.1 Å². The number of rotatable bonds is 6. The summed E-state index contributed by atoms with van der Waals surface area (Å²) in [6.45, 7) is 0.835. The number of esters is 1. The fourth-order valence-electron chi connectivity index (χ4n) is 2.30. The van der Waals surface area contributed by atoms with E-state index in [1.165, 1.54) is 11.6 Å². The zero-order valence-electron chi connectivity index (χ0n) is 13.5. The molecule has 0 N–H and O–H groups in total. The number of hydrogen-bond acceptors (Lipinski definition) is 3. The summed E-state index contributed by atoms with van der Waals surface area (Å²) in [6.07, 6.45) is 6.66.